The Balaban J connectivity index is 1.30. The average Bonchev–Trinajstić information content (AvgIpc) is 3.16. The van der Waals surface area contributed by atoms with Gasteiger partial charge in [-0.3, -0.25) is 19.8 Å². The molecular weight excluding hydrogens is 364 g/mol. The lowest BCUT2D eigenvalue weighted by molar-refractivity contribution is 0.0585. The van der Waals surface area contributed by atoms with Crippen molar-refractivity contribution in [1.29, 1.82) is 0 Å². The van der Waals surface area contributed by atoms with E-state index < -0.39 is 0 Å². The zero-order chi connectivity index (χ0) is 19.6. The summed E-state index contributed by atoms with van der Waals surface area (Å²) >= 11 is 0. The van der Waals surface area contributed by atoms with E-state index in [4.69, 9.17) is 0 Å². The molecule has 1 N–H and O–H groups in total. The number of fused-ring (bicyclic) bond motifs is 4. The lowest BCUT2D eigenvalue weighted by atomic mass is 9.94. The largest absolute Gasteiger partial charge is 0.334 e. The first-order chi connectivity index (χ1) is 14.3. The number of nitrogens with one attached hydrogen (secondary N) is 1. The zero-order valence-electron chi connectivity index (χ0n) is 16.2. The number of benzene rings is 1. The summed E-state index contributed by atoms with van der Waals surface area (Å²) in [5.74, 6) is 1.37. The van der Waals surface area contributed by atoms with Crippen LogP contribution in [0, 0.1) is 5.92 Å². The van der Waals surface area contributed by atoms with E-state index in [0.29, 0.717) is 11.7 Å². The smallest absolute Gasteiger partial charge is 0.254 e. The van der Waals surface area contributed by atoms with Crippen LogP contribution in [0.1, 0.15) is 28.8 Å². The van der Waals surface area contributed by atoms with E-state index in [2.05, 4.69) is 36.0 Å². The molecule has 29 heavy (non-hydrogen) atoms. The number of hydrogen-bond acceptors (Lipinski definition) is 5. The summed E-state index contributed by atoms with van der Waals surface area (Å²) in [5, 5.41) is 6.74. The van der Waals surface area contributed by atoms with Crippen LogP contribution in [0.5, 0.6) is 0 Å². The molecular formula is C22H24N6O. The van der Waals surface area contributed by atoms with E-state index in [0.717, 1.165) is 43.7 Å². The quantitative estimate of drug-likeness (QED) is 0.743. The summed E-state index contributed by atoms with van der Waals surface area (Å²) in [6, 6.07) is 12.0. The molecule has 3 saturated heterocycles. The normalized spacial score (nSPS) is 21.9. The summed E-state index contributed by atoms with van der Waals surface area (Å²) in [5.41, 5.74) is 2.90. The van der Waals surface area contributed by atoms with Crippen LogP contribution in [0.3, 0.4) is 0 Å². The Morgan fingerprint density at radius 1 is 1.10 bits per heavy atom. The van der Waals surface area contributed by atoms with Crippen LogP contribution in [0.25, 0.3) is 11.4 Å². The number of pyridine rings is 1. The van der Waals surface area contributed by atoms with Crippen LogP contribution < -0.4 is 0 Å². The van der Waals surface area contributed by atoms with E-state index in [-0.39, 0.29) is 11.9 Å². The third-order valence-electron chi connectivity index (χ3n) is 6.00. The number of nitrogens with zero attached hydrogens (tertiary/aromatic N) is 5. The van der Waals surface area contributed by atoms with Crippen molar-refractivity contribution in [2.24, 2.45) is 5.92 Å². The van der Waals surface area contributed by atoms with E-state index in [9.17, 15) is 4.79 Å². The highest BCUT2D eigenvalue weighted by molar-refractivity contribution is 5.95. The molecule has 6 rings (SSSR count). The fourth-order valence-electron chi connectivity index (χ4n) is 4.59. The van der Waals surface area contributed by atoms with Gasteiger partial charge in [-0.25, -0.2) is 4.98 Å². The molecule has 0 unspecified atom stereocenters. The summed E-state index contributed by atoms with van der Waals surface area (Å²) in [6.07, 6.45) is 7.51. The van der Waals surface area contributed by atoms with Gasteiger partial charge in [0.1, 0.15) is 6.33 Å². The Morgan fingerprint density at radius 2 is 2.00 bits per heavy atom. The van der Waals surface area contributed by atoms with Crippen molar-refractivity contribution in [2.75, 3.05) is 19.6 Å². The van der Waals surface area contributed by atoms with Crippen molar-refractivity contribution in [3.05, 3.63) is 66.2 Å². The van der Waals surface area contributed by atoms with Gasteiger partial charge in [-0.05, 0) is 42.5 Å². The molecule has 7 heteroatoms. The molecule has 0 radical (unpaired) electrons. The minimum absolute atomic E-state index is 0.132. The highest BCUT2D eigenvalue weighted by Gasteiger charge is 2.37. The minimum atomic E-state index is 0.132. The summed E-state index contributed by atoms with van der Waals surface area (Å²) in [6.45, 7) is 3.71. The standard InChI is InChI=1S/C22H24N6O/c29-22(19-6-4-18(5-7-19)21-24-15-25-26-21)28-13-17-3-8-20(28)14-27(12-17)11-16-2-1-9-23-10-16/h1-2,4-7,9-10,15,17,20H,3,8,11-14H2,(H,24,25,26)/t17-,20+/m0/s1. The SMILES string of the molecule is O=C(c1ccc(-c2ncn[nH]2)cc1)N1C[C@H]2CC[C@@H]1CN(Cc1cccnc1)C2. The van der Waals surface area contributed by atoms with Gasteiger partial charge in [0.15, 0.2) is 5.82 Å². The molecule has 2 atom stereocenters. The molecule has 7 nitrogen and oxygen atoms in total. The molecule has 1 aromatic carbocycles. The second kappa shape index (κ2) is 7.75. The molecule has 3 aromatic rings. The van der Waals surface area contributed by atoms with E-state index in [1.807, 2.05) is 42.7 Å². The molecule has 3 fully saturated rings. The molecule has 5 heterocycles. The van der Waals surface area contributed by atoms with Gasteiger partial charge in [-0.2, -0.15) is 5.10 Å². The maximum absolute atomic E-state index is 13.3. The van der Waals surface area contributed by atoms with Gasteiger partial charge in [-0.1, -0.05) is 18.2 Å². The van der Waals surface area contributed by atoms with Crippen LogP contribution in [-0.4, -0.2) is 61.5 Å². The lowest BCUT2D eigenvalue weighted by Gasteiger charge is -2.36. The first-order valence-corrected chi connectivity index (χ1v) is 10.1. The minimum Gasteiger partial charge on any atom is -0.334 e. The molecule has 1 amide bonds. The van der Waals surface area contributed by atoms with Gasteiger partial charge in [0.25, 0.3) is 5.91 Å². The van der Waals surface area contributed by atoms with Crippen molar-refractivity contribution in [3.63, 3.8) is 0 Å². The topological polar surface area (TPSA) is 78.0 Å². The van der Waals surface area contributed by atoms with Crippen LogP contribution in [0.2, 0.25) is 0 Å². The summed E-state index contributed by atoms with van der Waals surface area (Å²) in [7, 11) is 0. The lowest BCUT2D eigenvalue weighted by Crippen LogP contribution is -2.47. The number of aromatic amines is 1. The second-order valence-electron chi connectivity index (χ2n) is 8.02. The van der Waals surface area contributed by atoms with Crippen molar-refractivity contribution in [3.8, 4) is 11.4 Å². The Kier molecular flexibility index (Phi) is 4.81. The van der Waals surface area contributed by atoms with E-state index in [1.54, 1.807) is 0 Å². The first-order valence-electron chi connectivity index (χ1n) is 10.1. The molecule has 3 aliphatic rings. The van der Waals surface area contributed by atoms with Crippen LogP contribution in [-0.2, 0) is 6.54 Å². The second-order valence-corrected chi connectivity index (χ2v) is 8.02. The number of carbonyl (C=O) groups is 1. The monoisotopic (exact) mass is 388 g/mol. The number of piperidine rings is 1. The Bertz CT molecular complexity index is 957. The van der Waals surface area contributed by atoms with Crippen LogP contribution in [0.15, 0.2) is 55.1 Å². The molecule has 0 saturated carbocycles. The third-order valence-corrected chi connectivity index (χ3v) is 6.00. The van der Waals surface area contributed by atoms with Gasteiger partial charge in [0.2, 0.25) is 0 Å². The van der Waals surface area contributed by atoms with Gasteiger partial charge < -0.3 is 4.90 Å². The maximum Gasteiger partial charge on any atom is 0.254 e. The molecule has 148 valence electrons. The first kappa shape index (κ1) is 18.0. The van der Waals surface area contributed by atoms with Gasteiger partial charge in [0.05, 0.1) is 0 Å². The molecule has 0 spiro atoms. The van der Waals surface area contributed by atoms with Crippen LogP contribution in [0.4, 0.5) is 0 Å². The van der Waals surface area contributed by atoms with Gasteiger partial charge in [-0.15, -0.1) is 0 Å². The maximum atomic E-state index is 13.3. The van der Waals surface area contributed by atoms with Gasteiger partial charge in [0, 0.05) is 55.7 Å². The van der Waals surface area contributed by atoms with Crippen molar-refractivity contribution >= 4 is 5.91 Å². The van der Waals surface area contributed by atoms with Crippen molar-refractivity contribution < 1.29 is 4.79 Å². The molecule has 2 bridgehead atoms. The highest BCUT2D eigenvalue weighted by Crippen LogP contribution is 2.30. The van der Waals surface area contributed by atoms with E-state index in [1.165, 1.54) is 18.3 Å². The Morgan fingerprint density at radius 3 is 2.76 bits per heavy atom. The fourth-order valence-corrected chi connectivity index (χ4v) is 4.59. The van der Waals surface area contributed by atoms with Gasteiger partial charge >= 0.3 is 0 Å². The number of amides is 1. The number of rotatable bonds is 4. The Hall–Kier alpha value is -3.06. The predicted molar refractivity (Wildman–Crippen MR) is 109 cm³/mol. The molecule has 3 aliphatic heterocycles. The fraction of sp³-hybridized carbons (Fsp3) is 0.364. The molecule has 2 aromatic heterocycles. The van der Waals surface area contributed by atoms with Crippen molar-refractivity contribution in [2.45, 2.75) is 25.4 Å². The predicted octanol–water partition coefficient (Wildman–Crippen LogP) is 2.60. The number of aromatic nitrogens is 4. The molecule has 0 aliphatic carbocycles. The zero-order valence-corrected chi connectivity index (χ0v) is 16.2. The number of H-pyrrole nitrogens is 1. The Labute approximate surface area is 169 Å². The van der Waals surface area contributed by atoms with Crippen molar-refractivity contribution in [1.82, 2.24) is 30.0 Å². The summed E-state index contributed by atoms with van der Waals surface area (Å²) < 4.78 is 0. The third kappa shape index (κ3) is 3.78. The summed E-state index contributed by atoms with van der Waals surface area (Å²) in [4.78, 5) is 26.2. The van der Waals surface area contributed by atoms with Crippen LogP contribution >= 0.6 is 0 Å². The van der Waals surface area contributed by atoms with E-state index >= 15 is 0 Å². The highest BCUT2D eigenvalue weighted by atomic mass is 16.2. The number of hydrogen-bond donors (Lipinski definition) is 1. The number of carbonyl (C=O) groups excluding carboxylic acids is 1. The average molecular weight is 388 g/mol.